The third-order valence-electron chi connectivity index (χ3n) is 3.65. The Balaban J connectivity index is 2.55. The fraction of sp³-hybridized carbons (Fsp3) is 0.917. The van der Waals surface area contributed by atoms with Gasteiger partial charge in [0.25, 0.3) is 5.91 Å². The molecule has 0 aliphatic heterocycles. The zero-order valence-corrected chi connectivity index (χ0v) is 10.5. The molecule has 1 aliphatic carbocycles. The van der Waals surface area contributed by atoms with E-state index in [1.807, 2.05) is 6.92 Å². The van der Waals surface area contributed by atoms with Crippen molar-refractivity contribution in [2.24, 2.45) is 0 Å². The average molecular weight is 229 g/mol. The van der Waals surface area contributed by atoms with Crippen LogP contribution in [0.3, 0.4) is 0 Å². The maximum atomic E-state index is 12.0. The number of rotatable bonds is 4. The summed E-state index contributed by atoms with van der Waals surface area (Å²) in [5.74, 6) is -0.122. The Labute approximate surface area is 97.4 Å². The highest BCUT2D eigenvalue weighted by Crippen LogP contribution is 2.20. The first-order valence-electron chi connectivity index (χ1n) is 6.07. The van der Waals surface area contributed by atoms with Gasteiger partial charge < -0.3 is 15.2 Å². The monoisotopic (exact) mass is 229 g/mol. The fourth-order valence-corrected chi connectivity index (χ4v) is 2.00. The molecular formula is C12H23NO3. The highest BCUT2D eigenvalue weighted by Gasteiger charge is 2.34. The largest absolute Gasteiger partial charge is 0.391 e. The Bertz CT molecular complexity index is 238. The minimum atomic E-state index is -0.781. The molecule has 0 aromatic carbocycles. The number of amides is 1. The van der Waals surface area contributed by atoms with Gasteiger partial charge in [-0.05, 0) is 26.2 Å². The standard InChI is InChI=1S/C12H23NO3/c1-4-12(2,16-3)11(15)13-9-7-5-6-8-10(9)14/h9-10,14H,4-8H2,1-3H3,(H,13,15). The van der Waals surface area contributed by atoms with Crippen LogP contribution >= 0.6 is 0 Å². The van der Waals surface area contributed by atoms with E-state index in [4.69, 9.17) is 4.74 Å². The van der Waals surface area contributed by atoms with Crippen molar-refractivity contribution in [1.29, 1.82) is 0 Å². The number of methoxy groups -OCH3 is 1. The van der Waals surface area contributed by atoms with Crippen molar-refractivity contribution < 1.29 is 14.6 Å². The van der Waals surface area contributed by atoms with Gasteiger partial charge in [0.05, 0.1) is 12.1 Å². The zero-order valence-electron chi connectivity index (χ0n) is 10.5. The van der Waals surface area contributed by atoms with Gasteiger partial charge in [-0.25, -0.2) is 0 Å². The van der Waals surface area contributed by atoms with Gasteiger partial charge in [0.15, 0.2) is 0 Å². The van der Waals surface area contributed by atoms with E-state index in [0.29, 0.717) is 6.42 Å². The van der Waals surface area contributed by atoms with E-state index in [-0.39, 0.29) is 11.9 Å². The number of nitrogens with one attached hydrogen (secondary N) is 1. The molecule has 4 nitrogen and oxygen atoms in total. The predicted molar refractivity (Wildman–Crippen MR) is 62.1 cm³/mol. The molecule has 1 rings (SSSR count). The minimum absolute atomic E-state index is 0.109. The summed E-state index contributed by atoms with van der Waals surface area (Å²) in [4.78, 5) is 12.0. The van der Waals surface area contributed by atoms with Gasteiger partial charge in [-0.1, -0.05) is 19.8 Å². The van der Waals surface area contributed by atoms with Gasteiger partial charge in [-0.2, -0.15) is 0 Å². The fourth-order valence-electron chi connectivity index (χ4n) is 2.00. The maximum Gasteiger partial charge on any atom is 0.252 e. The van der Waals surface area contributed by atoms with E-state index in [1.165, 1.54) is 0 Å². The smallest absolute Gasteiger partial charge is 0.252 e. The number of carbonyl (C=O) groups is 1. The molecule has 0 bridgehead atoms. The molecule has 1 fully saturated rings. The summed E-state index contributed by atoms with van der Waals surface area (Å²) in [6, 6.07) is -0.109. The molecule has 0 radical (unpaired) electrons. The van der Waals surface area contributed by atoms with E-state index in [9.17, 15) is 9.90 Å². The molecule has 2 N–H and O–H groups in total. The lowest BCUT2D eigenvalue weighted by Crippen LogP contribution is -2.53. The molecule has 0 aromatic rings. The molecule has 1 saturated carbocycles. The third-order valence-corrected chi connectivity index (χ3v) is 3.65. The van der Waals surface area contributed by atoms with Crippen molar-refractivity contribution in [1.82, 2.24) is 5.32 Å². The first-order chi connectivity index (χ1) is 7.53. The summed E-state index contributed by atoms with van der Waals surface area (Å²) in [6.45, 7) is 3.69. The minimum Gasteiger partial charge on any atom is -0.391 e. The van der Waals surface area contributed by atoms with Crippen LogP contribution in [0.2, 0.25) is 0 Å². The first kappa shape index (κ1) is 13.5. The molecule has 4 heteroatoms. The number of aliphatic hydroxyl groups excluding tert-OH is 1. The number of aliphatic hydroxyl groups is 1. The Morgan fingerprint density at radius 2 is 2.12 bits per heavy atom. The highest BCUT2D eigenvalue weighted by molar-refractivity contribution is 5.85. The van der Waals surface area contributed by atoms with E-state index in [1.54, 1.807) is 14.0 Å². The second-order valence-electron chi connectivity index (χ2n) is 4.72. The molecule has 1 amide bonds. The van der Waals surface area contributed by atoms with Crippen LogP contribution in [0.4, 0.5) is 0 Å². The lowest BCUT2D eigenvalue weighted by molar-refractivity contribution is -0.143. The second kappa shape index (κ2) is 5.64. The van der Waals surface area contributed by atoms with Crippen molar-refractivity contribution in [2.75, 3.05) is 7.11 Å². The SMILES string of the molecule is CCC(C)(OC)C(=O)NC1CCCCC1O. The average Bonchev–Trinajstić information content (AvgIpc) is 2.31. The van der Waals surface area contributed by atoms with Crippen LogP contribution in [0.15, 0.2) is 0 Å². The normalized spacial score (nSPS) is 29.5. The first-order valence-corrected chi connectivity index (χ1v) is 6.07. The number of hydrogen-bond acceptors (Lipinski definition) is 3. The van der Waals surface area contributed by atoms with Gasteiger partial charge in [0, 0.05) is 7.11 Å². The van der Waals surface area contributed by atoms with Gasteiger partial charge in [0.1, 0.15) is 5.60 Å². The Morgan fingerprint density at radius 1 is 1.50 bits per heavy atom. The number of carbonyl (C=O) groups excluding carboxylic acids is 1. The van der Waals surface area contributed by atoms with Crippen LogP contribution < -0.4 is 5.32 Å². The van der Waals surface area contributed by atoms with Crippen molar-refractivity contribution in [3.8, 4) is 0 Å². The van der Waals surface area contributed by atoms with Crippen molar-refractivity contribution in [2.45, 2.75) is 63.7 Å². The summed E-state index contributed by atoms with van der Waals surface area (Å²) in [7, 11) is 1.54. The molecule has 94 valence electrons. The van der Waals surface area contributed by atoms with E-state index >= 15 is 0 Å². The molecule has 16 heavy (non-hydrogen) atoms. The van der Waals surface area contributed by atoms with Gasteiger partial charge >= 0.3 is 0 Å². The number of ether oxygens (including phenoxy) is 1. The molecule has 0 spiro atoms. The maximum absolute atomic E-state index is 12.0. The quantitative estimate of drug-likeness (QED) is 0.762. The van der Waals surface area contributed by atoms with E-state index in [2.05, 4.69) is 5.32 Å². The van der Waals surface area contributed by atoms with Crippen LogP contribution in [0.25, 0.3) is 0 Å². The molecule has 3 atom stereocenters. The molecule has 0 heterocycles. The molecule has 0 saturated heterocycles. The van der Waals surface area contributed by atoms with Crippen molar-refractivity contribution in [3.05, 3.63) is 0 Å². The highest BCUT2D eigenvalue weighted by atomic mass is 16.5. The molecular weight excluding hydrogens is 206 g/mol. The topological polar surface area (TPSA) is 58.6 Å². The van der Waals surface area contributed by atoms with Crippen LogP contribution in [0.1, 0.15) is 46.0 Å². The van der Waals surface area contributed by atoms with Gasteiger partial charge in [-0.3, -0.25) is 4.79 Å². The molecule has 0 aromatic heterocycles. The Morgan fingerprint density at radius 3 is 2.62 bits per heavy atom. The Kier molecular flexibility index (Phi) is 4.74. The van der Waals surface area contributed by atoms with Crippen molar-refractivity contribution >= 4 is 5.91 Å². The Hall–Kier alpha value is -0.610. The van der Waals surface area contributed by atoms with E-state index in [0.717, 1.165) is 25.7 Å². The zero-order chi connectivity index (χ0) is 12.2. The summed E-state index contributed by atoms with van der Waals surface area (Å²) in [5, 5.41) is 12.7. The summed E-state index contributed by atoms with van der Waals surface area (Å²) in [6.07, 6.45) is 3.96. The van der Waals surface area contributed by atoms with E-state index < -0.39 is 11.7 Å². The summed E-state index contributed by atoms with van der Waals surface area (Å²) >= 11 is 0. The van der Waals surface area contributed by atoms with Crippen LogP contribution in [-0.4, -0.2) is 35.9 Å². The lowest BCUT2D eigenvalue weighted by atomic mass is 9.91. The van der Waals surface area contributed by atoms with Gasteiger partial charge in [-0.15, -0.1) is 0 Å². The van der Waals surface area contributed by atoms with Crippen LogP contribution in [0.5, 0.6) is 0 Å². The van der Waals surface area contributed by atoms with Crippen molar-refractivity contribution in [3.63, 3.8) is 0 Å². The summed E-state index contributed by atoms with van der Waals surface area (Å²) < 4.78 is 5.23. The predicted octanol–water partition coefficient (Wildman–Crippen LogP) is 1.22. The second-order valence-corrected chi connectivity index (χ2v) is 4.72. The third kappa shape index (κ3) is 2.95. The van der Waals surface area contributed by atoms with Crippen LogP contribution in [0, 0.1) is 0 Å². The molecule has 3 unspecified atom stereocenters. The van der Waals surface area contributed by atoms with Gasteiger partial charge in [0.2, 0.25) is 0 Å². The lowest BCUT2D eigenvalue weighted by Gasteiger charge is -2.32. The number of hydrogen-bond donors (Lipinski definition) is 2. The molecule has 1 aliphatic rings. The van der Waals surface area contributed by atoms with Crippen LogP contribution in [-0.2, 0) is 9.53 Å². The summed E-state index contributed by atoms with van der Waals surface area (Å²) in [5.41, 5.74) is -0.781.